The van der Waals surface area contributed by atoms with Crippen molar-refractivity contribution in [3.05, 3.63) is 6.33 Å². The molecule has 2 aromatic heterocycles. The van der Waals surface area contributed by atoms with Crippen LogP contribution < -0.4 is 11.1 Å². The van der Waals surface area contributed by atoms with Gasteiger partial charge in [0.1, 0.15) is 5.52 Å². The number of aromatic amines is 1. The van der Waals surface area contributed by atoms with Crippen molar-refractivity contribution >= 4 is 22.9 Å². The Labute approximate surface area is 113 Å². The van der Waals surface area contributed by atoms with E-state index in [0.717, 1.165) is 17.9 Å². The SMILES string of the molecule is CC(C)C(CNc1nc(N)nc2nc[nH]c12)C(C)C. The molecule has 0 aromatic carbocycles. The van der Waals surface area contributed by atoms with Crippen LogP contribution in [0, 0.1) is 17.8 Å². The lowest BCUT2D eigenvalue weighted by molar-refractivity contribution is 0.304. The zero-order valence-electron chi connectivity index (χ0n) is 11.9. The largest absolute Gasteiger partial charge is 0.368 e. The predicted molar refractivity (Wildman–Crippen MR) is 77.8 cm³/mol. The van der Waals surface area contributed by atoms with Crippen molar-refractivity contribution in [1.82, 2.24) is 19.9 Å². The van der Waals surface area contributed by atoms with Gasteiger partial charge < -0.3 is 16.0 Å². The van der Waals surface area contributed by atoms with E-state index in [0.29, 0.717) is 23.4 Å². The third kappa shape index (κ3) is 2.94. The molecule has 0 aliphatic heterocycles. The Kier molecular flexibility index (Phi) is 3.87. The zero-order valence-corrected chi connectivity index (χ0v) is 11.9. The Bertz CT molecular complexity index is 537. The van der Waals surface area contributed by atoms with Crippen LogP contribution in [0.4, 0.5) is 11.8 Å². The van der Waals surface area contributed by atoms with Crippen LogP contribution >= 0.6 is 0 Å². The molecule has 104 valence electrons. The van der Waals surface area contributed by atoms with Crippen molar-refractivity contribution in [2.75, 3.05) is 17.6 Å². The van der Waals surface area contributed by atoms with Crippen molar-refractivity contribution in [3.8, 4) is 0 Å². The van der Waals surface area contributed by atoms with Crippen molar-refractivity contribution in [2.24, 2.45) is 17.8 Å². The molecule has 0 aliphatic carbocycles. The van der Waals surface area contributed by atoms with Gasteiger partial charge in [-0.2, -0.15) is 9.97 Å². The molecule has 0 radical (unpaired) electrons. The number of nitrogen functional groups attached to an aromatic ring is 1. The summed E-state index contributed by atoms with van der Waals surface area (Å²) < 4.78 is 0. The van der Waals surface area contributed by atoms with Crippen LogP contribution in [-0.2, 0) is 0 Å². The Morgan fingerprint density at radius 2 is 1.89 bits per heavy atom. The normalized spacial score (nSPS) is 11.9. The standard InChI is InChI=1S/C13H22N6/c1-7(2)9(8(3)4)5-15-11-10-12(17-6-16-10)19-13(14)18-11/h6-9H,5H2,1-4H3,(H4,14,15,16,17,18,19). The van der Waals surface area contributed by atoms with E-state index in [1.54, 1.807) is 6.33 Å². The minimum absolute atomic E-state index is 0.243. The van der Waals surface area contributed by atoms with Crippen molar-refractivity contribution in [2.45, 2.75) is 27.7 Å². The summed E-state index contributed by atoms with van der Waals surface area (Å²) in [5.41, 5.74) is 7.10. The molecule has 0 saturated heterocycles. The van der Waals surface area contributed by atoms with Crippen molar-refractivity contribution in [3.63, 3.8) is 0 Å². The van der Waals surface area contributed by atoms with E-state index >= 15 is 0 Å². The number of imidazole rings is 1. The summed E-state index contributed by atoms with van der Waals surface area (Å²) in [5, 5.41) is 3.38. The minimum atomic E-state index is 0.243. The molecular formula is C13H22N6. The fourth-order valence-electron chi connectivity index (χ4n) is 2.43. The number of nitrogens with one attached hydrogen (secondary N) is 2. The maximum Gasteiger partial charge on any atom is 0.224 e. The average Bonchev–Trinajstić information content (AvgIpc) is 2.75. The monoisotopic (exact) mass is 262 g/mol. The van der Waals surface area contributed by atoms with Gasteiger partial charge >= 0.3 is 0 Å². The summed E-state index contributed by atoms with van der Waals surface area (Å²) in [6.45, 7) is 9.83. The second-order valence-electron chi connectivity index (χ2n) is 5.56. The van der Waals surface area contributed by atoms with E-state index in [1.165, 1.54) is 0 Å². The first-order valence-corrected chi connectivity index (χ1v) is 6.69. The molecule has 0 amide bonds. The van der Waals surface area contributed by atoms with Gasteiger partial charge in [-0.25, -0.2) is 4.98 Å². The lowest BCUT2D eigenvalue weighted by Crippen LogP contribution is -2.25. The molecule has 4 N–H and O–H groups in total. The van der Waals surface area contributed by atoms with Gasteiger partial charge in [-0.15, -0.1) is 0 Å². The highest BCUT2D eigenvalue weighted by molar-refractivity contribution is 5.83. The van der Waals surface area contributed by atoms with Gasteiger partial charge in [-0.05, 0) is 17.8 Å². The van der Waals surface area contributed by atoms with Crippen molar-refractivity contribution in [1.29, 1.82) is 0 Å². The van der Waals surface area contributed by atoms with Crippen LogP contribution in [0.3, 0.4) is 0 Å². The number of aromatic nitrogens is 4. The topological polar surface area (TPSA) is 92.5 Å². The van der Waals surface area contributed by atoms with Crippen LogP contribution in [-0.4, -0.2) is 26.5 Å². The second kappa shape index (κ2) is 5.42. The molecular weight excluding hydrogens is 240 g/mol. The summed E-state index contributed by atoms with van der Waals surface area (Å²) in [5.74, 6) is 2.78. The van der Waals surface area contributed by atoms with E-state index in [-0.39, 0.29) is 5.95 Å². The molecule has 0 fully saturated rings. The maximum absolute atomic E-state index is 5.69. The molecule has 6 heteroatoms. The van der Waals surface area contributed by atoms with Crippen LogP contribution in [0.1, 0.15) is 27.7 Å². The van der Waals surface area contributed by atoms with E-state index in [4.69, 9.17) is 5.73 Å². The van der Waals surface area contributed by atoms with E-state index in [9.17, 15) is 0 Å². The third-order valence-corrected chi connectivity index (χ3v) is 3.52. The van der Waals surface area contributed by atoms with E-state index < -0.39 is 0 Å². The van der Waals surface area contributed by atoms with Gasteiger partial charge in [-0.1, -0.05) is 27.7 Å². The lowest BCUT2D eigenvalue weighted by atomic mass is 9.85. The number of anilines is 2. The molecule has 0 bridgehead atoms. The van der Waals surface area contributed by atoms with Gasteiger partial charge in [0.25, 0.3) is 0 Å². The Balaban J connectivity index is 2.19. The van der Waals surface area contributed by atoms with E-state index in [2.05, 4.69) is 52.9 Å². The summed E-state index contributed by atoms with van der Waals surface area (Å²) >= 11 is 0. The van der Waals surface area contributed by atoms with Gasteiger partial charge in [0.15, 0.2) is 11.5 Å². The lowest BCUT2D eigenvalue weighted by Gasteiger charge is -2.25. The molecule has 2 rings (SSSR count). The van der Waals surface area contributed by atoms with E-state index in [1.807, 2.05) is 0 Å². The van der Waals surface area contributed by atoms with Gasteiger partial charge in [0.2, 0.25) is 5.95 Å². The third-order valence-electron chi connectivity index (χ3n) is 3.52. The van der Waals surface area contributed by atoms with Gasteiger partial charge in [-0.3, -0.25) is 0 Å². The Morgan fingerprint density at radius 1 is 1.21 bits per heavy atom. The van der Waals surface area contributed by atoms with Crippen LogP contribution in [0.2, 0.25) is 0 Å². The first kappa shape index (κ1) is 13.6. The summed E-state index contributed by atoms with van der Waals surface area (Å²) in [6, 6.07) is 0. The number of rotatable bonds is 5. The number of H-pyrrole nitrogens is 1. The number of nitrogens with two attached hydrogens (primary N) is 1. The number of nitrogens with zero attached hydrogens (tertiary/aromatic N) is 3. The Morgan fingerprint density at radius 3 is 2.53 bits per heavy atom. The first-order chi connectivity index (χ1) is 8.99. The minimum Gasteiger partial charge on any atom is -0.368 e. The number of fused-ring (bicyclic) bond motifs is 1. The summed E-state index contributed by atoms with van der Waals surface area (Å²) in [7, 11) is 0. The quantitative estimate of drug-likeness (QED) is 0.768. The van der Waals surface area contributed by atoms with Crippen LogP contribution in [0.25, 0.3) is 11.2 Å². The highest BCUT2D eigenvalue weighted by atomic mass is 15.1. The van der Waals surface area contributed by atoms with Gasteiger partial charge in [0.05, 0.1) is 6.33 Å². The molecule has 2 heterocycles. The molecule has 2 aromatic rings. The van der Waals surface area contributed by atoms with Crippen LogP contribution in [0.5, 0.6) is 0 Å². The fourth-order valence-corrected chi connectivity index (χ4v) is 2.43. The zero-order chi connectivity index (χ0) is 14.0. The maximum atomic E-state index is 5.69. The first-order valence-electron chi connectivity index (χ1n) is 6.69. The smallest absolute Gasteiger partial charge is 0.224 e. The summed E-state index contributed by atoms with van der Waals surface area (Å²) in [4.78, 5) is 15.5. The average molecular weight is 262 g/mol. The molecule has 0 unspecified atom stereocenters. The molecule has 19 heavy (non-hydrogen) atoms. The van der Waals surface area contributed by atoms with Crippen molar-refractivity contribution < 1.29 is 0 Å². The second-order valence-corrected chi connectivity index (χ2v) is 5.56. The molecule has 0 atom stereocenters. The molecule has 6 nitrogen and oxygen atoms in total. The fraction of sp³-hybridized carbons (Fsp3) is 0.615. The molecule has 0 aliphatic rings. The van der Waals surface area contributed by atoms with Gasteiger partial charge in [0, 0.05) is 6.54 Å². The predicted octanol–water partition coefficient (Wildman–Crippen LogP) is 2.28. The van der Waals surface area contributed by atoms with Crippen LogP contribution in [0.15, 0.2) is 6.33 Å². The molecule has 0 spiro atoms. The Hall–Kier alpha value is -1.85. The highest BCUT2D eigenvalue weighted by Gasteiger charge is 2.18. The highest BCUT2D eigenvalue weighted by Crippen LogP contribution is 2.23. The summed E-state index contributed by atoms with van der Waals surface area (Å²) in [6.07, 6.45) is 1.60. The molecule has 0 saturated carbocycles. The number of hydrogen-bond acceptors (Lipinski definition) is 5. The number of hydrogen-bond donors (Lipinski definition) is 3.